The Kier molecular flexibility index (Phi) is 4.85. The van der Waals surface area contributed by atoms with Gasteiger partial charge in [0.25, 0.3) is 11.8 Å². The van der Waals surface area contributed by atoms with Gasteiger partial charge in [0.15, 0.2) is 0 Å². The molecule has 1 aromatic heterocycles. The Morgan fingerprint density at radius 1 is 0.880 bits per heavy atom. The Hall–Kier alpha value is -3.47. The Balaban J connectivity index is 1.81. The number of carbonyl (C=O) groups excluding carboxylic acids is 2. The van der Waals surface area contributed by atoms with Crippen molar-refractivity contribution in [2.45, 2.75) is 6.92 Å². The molecule has 124 valence electrons. The second kappa shape index (κ2) is 7.40. The van der Waals surface area contributed by atoms with E-state index in [2.05, 4.69) is 15.6 Å². The van der Waals surface area contributed by atoms with Crippen molar-refractivity contribution in [3.05, 3.63) is 89.7 Å². The number of nitrogens with zero attached hydrogens (tertiary/aromatic N) is 1. The molecule has 2 amide bonds. The highest BCUT2D eigenvalue weighted by Gasteiger charge is 2.14. The number of aromatic nitrogens is 1. The molecule has 0 atom stereocenters. The minimum atomic E-state index is -0.312. The number of amides is 2. The fraction of sp³-hybridized carbons (Fsp3) is 0.0500. The van der Waals surface area contributed by atoms with E-state index in [0.717, 1.165) is 5.56 Å². The van der Waals surface area contributed by atoms with Crippen LogP contribution >= 0.6 is 0 Å². The summed E-state index contributed by atoms with van der Waals surface area (Å²) in [6.45, 7) is 1.92. The minimum Gasteiger partial charge on any atom is -0.321 e. The van der Waals surface area contributed by atoms with Crippen LogP contribution in [0.3, 0.4) is 0 Å². The molecule has 0 spiro atoms. The Morgan fingerprint density at radius 2 is 1.72 bits per heavy atom. The van der Waals surface area contributed by atoms with E-state index in [4.69, 9.17) is 0 Å². The third-order valence-electron chi connectivity index (χ3n) is 3.62. The average molecular weight is 331 g/mol. The zero-order chi connectivity index (χ0) is 17.6. The number of pyridine rings is 1. The smallest absolute Gasteiger partial charge is 0.257 e. The predicted octanol–water partition coefficient (Wildman–Crippen LogP) is 3.89. The fourth-order valence-electron chi connectivity index (χ4n) is 2.41. The first kappa shape index (κ1) is 16.4. The Morgan fingerprint density at radius 3 is 2.48 bits per heavy atom. The van der Waals surface area contributed by atoms with Crippen LogP contribution in [0.4, 0.5) is 11.4 Å². The van der Waals surface area contributed by atoms with Crippen molar-refractivity contribution in [2.24, 2.45) is 0 Å². The van der Waals surface area contributed by atoms with Crippen LogP contribution in [0.1, 0.15) is 26.3 Å². The van der Waals surface area contributed by atoms with Crippen LogP contribution in [-0.4, -0.2) is 16.8 Å². The van der Waals surface area contributed by atoms with Crippen molar-refractivity contribution in [2.75, 3.05) is 10.6 Å². The van der Waals surface area contributed by atoms with Gasteiger partial charge >= 0.3 is 0 Å². The summed E-state index contributed by atoms with van der Waals surface area (Å²) >= 11 is 0. The number of carbonyl (C=O) groups is 2. The second-order valence-corrected chi connectivity index (χ2v) is 5.57. The van der Waals surface area contributed by atoms with Gasteiger partial charge in [-0.2, -0.15) is 0 Å². The lowest BCUT2D eigenvalue weighted by atomic mass is 10.1. The summed E-state index contributed by atoms with van der Waals surface area (Å²) in [6.07, 6.45) is 3.19. The third-order valence-corrected chi connectivity index (χ3v) is 3.62. The van der Waals surface area contributed by atoms with Crippen LogP contribution in [0.15, 0.2) is 73.1 Å². The normalized spacial score (nSPS) is 10.1. The molecule has 0 bridgehead atoms. The molecule has 0 aliphatic heterocycles. The van der Waals surface area contributed by atoms with Gasteiger partial charge in [0.05, 0.1) is 23.1 Å². The zero-order valence-corrected chi connectivity index (χ0v) is 13.7. The van der Waals surface area contributed by atoms with Crippen molar-refractivity contribution in [3.8, 4) is 0 Å². The lowest BCUT2D eigenvalue weighted by molar-refractivity contribution is 0.102. The standard InChI is InChI=1S/C20H17N3O2/c1-14-6-4-7-15(12-14)19(24)23-18-10-3-2-9-17(18)20(25)22-16-8-5-11-21-13-16/h2-13H,1H3,(H,22,25)(H,23,24). The van der Waals surface area contributed by atoms with Crippen molar-refractivity contribution in [1.82, 2.24) is 4.98 Å². The van der Waals surface area contributed by atoms with Gasteiger partial charge in [0.1, 0.15) is 0 Å². The monoisotopic (exact) mass is 331 g/mol. The van der Waals surface area contributed by atoms with Crippen LogP contribution < -0.4 is 10.6 Å². The average Bonchev–Trinajstić information content (AvgIpc) is 2.63. The van der Waals surface area contributed by atoms with Crippen LogP contribution in [-0.2, 0) is 0 Å². The molecule has 5 nitrogen and oxygen atoms in total. The SMILES string of the molecule is Cc1cccc(C(=O)Nc2ccccc2C(=O)Nc2cccnc2)c1. The molecule has 0 aliphatic rings. The van der Waals surface area contributed by atoms with E-state index < -0.39 is 0 Å². The maximum Gasteiger partial charge on any atom is 0.257 e. The van der Waals surface area contributed by atoms with Gasteiger partial charge in [-0.1, -0.05) is 29.8 Å². The van der Waals surface area contributed by atoms with Crippen molar-refractivity contribution in [3.63, 3.8) is 0 Å². The predicted molar refractivity (Wildman–Crippen MR) is 97.8 cm³/mol. The van der Waals surface area contributed by atoms with Gasteiger partial charge in [-0.3, -0.25) is 14.6 Å². The quantitative estimate of drug-likeness (QED) is 0.762. The lowest BCUT2D eigenvalue weighted by Gasteiger charge is -2.11. The van der Waals surface area contributed by atoms with E-state index in [9.17, 15) is 9.59 Å². The van der Waals surface area contributed by atoms with Gasteiger partial charge in [-0.05, 0) is 43.3 Å². The molecule has 0 aliphatic carbocycles. The molecule has 3 aromatic rings. The molecule has 0 saturated heterocycles. The van der Waals surface area contributed by atoms with E-state index >= 15 is 0 Å². The van der Waals surface area contributed by atoms with Crippen molar-refractivity contribution in [1.29, 1.82) is 0 Å². The zero-order valence-electron chi connectivity index (χ0n) is 13.7. The third kappa shape index (κ3) is 4.09. The van der Waals surface area contributed by atoms with Gasteiger partial charge in [-0.15, -0.1) is 0 Å². The first-order valence-electron chi connectivity index (χ1n) is 7.82. The van der Waals surface area contributed by atoms with Crippen LogP contribution in [0.25, 0.3) is 0 Å². The van der Waals surface area contributed by atoms with Crippen LogP contribution in [0.5, 0.6) is 0 Å². The highest BCUT2D eigenvalue weighted by molar-refractivity contribution is 6.12. The molecule has 0 unspecified atom stereocenters. The Labute approximate surface area is 145 Å². The van der Waals surface area contributed by atoms with Crippen molar-refractivity contribution < 1.29 is 9.59 Å². The van der Waals surface area contributed by atoms with Crippen molar-refractivity contribution >= 4 is 23.2 Å². The summed E-state index contributed by atoms with van der Waals surface area (Å²) in [7, 11) is 0. The van der Waals surface area contributed by atoms with Crippen LogP contribution in [0.2, 0.25) is 0 Å². The van der Waals surface area contributed by atoms with E-state index in [1.165, 1.54) is 0 Å². The number of aryl methyl sites for hydroxylation is 1. The summed E-state index contributed by atoms with van der Waals surface area (Å²) in [5, 5.41) is 5.57. The van der Waals surface area contributed by atoms with Gasteiger partial charge in [-0.25, -0.2) is 0 Å². The second-order valence-electron chi connectivity index (χ2n) is 5.57. The maximum absolute atomic E-state index is 12.5. The molecular weight excluding hydrogens is 314 g/mol. The molecule has 2 N–H and O–H groups in total. The summed E-state index contributed by atoms with van der Waals surface area (Å²) in [5.41, 5.74) is 2.97. The summed E-state index contributed by atoms with van der Waals surface area (Å²) in [6, 6.07) is 17.7. The minimum absolute atomic E-state index is 0.259. The molecule has 0 radical (unpaired) electrons. The number of para-hydroxylation sites is 1. The first-order valence-corrected chi connectivity index (χ1v) is 7.82. The number of benzene rings is 2. The number of hydrogen-bond acceptors (Lipinski definition) is 3. The number of nitrogens with one attached hydrogen (secondary N) is 2. The summed E-state index contributed by atoms with van der Waals surface area (Å²) in [5.74, 6) is -0.571. The molecule has 0 fully saturated rings. The topological polar surface area (TPSA) is 71.1 Å². The van der Waals surface area contributed by atoms with E-state index in [1.54, 1.807) is 60.9 Å². The number of anilines is 2. The molecule has 5 heteroatoms. The van der Waals surface area contributed by atoms with E-state index in [1.807, 2.05) is 19.1 Å². The first-order chi connectivity index (χ1) is 12.1. The number of hydrogen-bond donors (Lipinski definition) is 2. The molecule has 1 heterocycles. The van der Waals surface area contributed by atoms with Crippen LogP contribution in [0, 0.1) is 6.92 Å². The van der Waals surface area contributed by atoms with Gasteiger partial charge in [0.2, 0.25) is 0 Å². The highest BCUT2D eigenvalue weighted by Crippen LogP contribution is 2.18. The van der Waals surface area contributed by atoms with E-state index in [0.29, 0.717) is 22.5 Å². The summed E-state index contributed by atoms with van der Waals surface area (Å²) < 4.78 is 0. The molecule has 3 rings (SSSR count). The van der Waals surface area contributed by atoms with Gasteiger partial charge < -0.3 is 10.6 Å². The molecule has 0 saturated carbocycles. The lowest BCUT2D eigenvalue weighted by Crippen LogP contribution is -2.18. The molecule has 2 aromatic carbocycles. The highest BCUT2D eigenvalue weighted by atomic mass is 16.2. The largest absolute Gasteiger partial charge is 0.321 e. The number of rotatable bonds is 4. The van der Waals surface area contributed by atoms with E-state index in [-0.39, 0.29) is 11.8 Å². The summed E-state index contributed by atoms with van der Waals surface area (Å²) in [4.78, 5) is 28.9. The Bertz CT molecular complexity index is 908. The maximum atomic E-state index is 12.5. The molecular formula is C20H17N3O2. The molecule has 25 heavy (non-hydrogen) atoms. The van der Waals surface area contributed by atoms with Gasteiger partial charge in [0, 0.05) is 11.8 Å². The fourth-order valence-corrected chi connectivity index (χ4v) is 2.41.